The predicted octanol–water partition coefficient (Wildman–Crippen LogP) is 2.87. The minimum atomic E-state index is -0.383. The number of methoxy groups -OCH3 is 1. The van der Waals surface area contributed by atoms with Crippen LogP contribution in [-0.2, 0) is 4.74 Å². The van der Waals surface area contributed by atoms with E-state index < -0.39 is 0 Å². The minimum Gasteiger partial charge on any atom is -0.488 e. The van der Waals surface area contributed by atoms with Crippen molar-refractivity contribution in [3.63, 3.8) is 0 Å². The van der Waals surface area contributed by atoms with Crippen molar-refractivity contribution < 1.29 is 28.7 Å². The largest absolute Gasteiger partial charge is 0.488 e. The Morgan fingerprint density at radius 2 is 2.08 bits per heavy atom. The number of carbonyl (C=O) groups is 2. The van der Waals surface area contributed by atoms with E-state index >= 15 is 0 Å². The zero-order chi connectivity index (χ0) is 26.1. The number of carbonyl (C=O) groups excluding carboxylic acids is 2. The summed E-state index contributed by atoms with van der Waals surface area (Å²) in [4.78, 5) is 35.0. The molecule has 1 fully saturated rings. The van der Waals surface area contributed by atoms with Gasteiger partial charge in [0.1, 0.15) is 23.2 Å². The zero-order valence-corrected chi connectivity index (χ0v) is 20.5. The summed E-state index contributed by atoms with van der Waals surface area (Å²) < 4.78 is 17.4. The second-order valence-corrected chi connectivity index (χ2v) is 8.86. The number of ether oxygens (including phenoxy) is 2. The molecule has 12 nitrogen and oxygen atoms in total. The molecule has 37 heavy (non-hydrogen) atoms. The van der Waals surface area contributed by atoms with Gasteiger partial charge < -0.3 is 29.3 Å². The molecule has 0 bridgehead atoms. The molecule has 2 amide bonds. The molecule has 12 heteroatoms. The number of rotatable bonds is 7. The van der Waals surface area contributed by atoms with Crippen molar-refractivity contribution in [1.29, 1.82) is 0 Å². The van der Waals surface area contributed by atoms with E-state index in [1.165, 1.54) is 13.3 Å². The third-order valence-electron chi connectivity index (χ3n) is 6.16. The van der Waals surface area contributed by atoms with Crippen molar-refractivity contribution in [2.75, 3.05) is 32.1 Å². The Morgan fingerprint density at radius 1 is 1.27 bits per heavy atom. The molecule has 4 aromatic rings. The molecule has 0 spiro atoms. The number of amides is 2. The van der Waals surface area contributed by atoms with Gasteiger partial charge in [-0.15, -0.1) is 0 Å². The number of aromatic nitrogens is 4. The normalized spacial score (nSPS) is 14.3. The number of fused-ring (bicyclic) bond motifs is 1. The summed E-state index contributed by atoms with van der Waals surface area (Å²) in [5.41, 5.74) is 3.03. The lowest BCUT2D eigenvalue weighted by Gasteiger charge is -2.35. The molecule has 1 atom stereocenters. The molecule has 0 unspecified atom stereocenters. The molecule has 0 aliphatic carbocycles. The highest BCUT2D eigenvalue weighted by Gasteiger charge is 2.36. The third-order valence-corrected chi connectivity index (χ3v) is 6.16. The number of nitrogens with one attached hydrogen (secondary N) is 1. The van der Waals surface area contributed by atoms with Gasteiger partial charge in [0.2, 0.25) is 11.7 Å². The summed E-state index contributed by atoms with van der Waals surface area (Å²) in [6.07, 6.45) is 2.45. The Hall–Kier alpha value is -4.45. The molecule has 5 rings (SSSR count). The van der Waals surface area contributed by atoms with Crippen LogP contribution in [0.4, 0.5) is 10.5 Å². The molecule has 192 valence electrons. The van der Waals surface area contributed by atoms with E-state index in [9.17, 15) is 14.7 Å². The van der Waals surface area contributed by atoms with Crippen molar-refractivity contribution in [3.05, 3.63) is 59.9 Å². The van der Waals surface area contributed by atoms with E-state index in [4.69, 9.17) is 14.0 Å². The van der Waals surface area contributed by atoms with Gasteiger partial charge in [-0.05, 0) is 31.5 Å². The van der Waals surface area contributed by atoms with E-state index in [1.54, 1.807) is 40.6 Å². The first kappa shape index (κ1) is 24.3. The van der Waals surface area contributed by atoms with E-state index in [2.05, 4.69) is 20.4 Å². The van der Waals surface area contributed by atoms with Crippen LogP contribution in [0.1, 0.15) is 34.8 Å². The van der Waals surface area contributed by atoms with Crippen LogP contribution in [-0.4, -0.2) is 74.4 Å². The molecule has 2 N–H and O–H groups in total. The first-order chi connectivity index (χ1) is 17.9. The number of likely N-dealkylation sites (tertiary alicyclic amines) is 1. The molecule has 1 aromatic carbocycles. The minimum absolute atomic E-state index is 0.0436. The van der Waals surface area contributed by atoms with Gasteiger partial charge in [-0.2, -0.15) is 4.98 Å². The fourth-order valence-electron chi connectivity index (χ4n) is 3.99. The highest BCUT2D eigenvalue weighted by Crippen LogP contribution is 2.29. The van der Waals surface area contributed by atoms with Crippen LogP contribution in [0.2, 0.25) is 0 Å². The molecule has 4 heterocycles. The van der Waals surface area contributed by atoms with Gasteiger partial charge in [-0.1, -0.05) is 17.3 Å². The first-order valence-electron chi connectivity index (χ1n) is 11.7. The summed E-state index contributed by atoms with van der Waals surface area (Å²) in [6.45, 7) is 4.45. The summed E-state index contributed by atoms with van der Waals surface area (Å²) in [7, 11) is 1.34. The number of benzene rings is 1. The van der Waals surface area contributed by atoms with Gasteiger partial charge in [0.25, 0.3) is 5.91 Å². The monoisotopic (exact) mass is 506 g/mol. The van der Waals surface area contributed by atoms with Crippen LogP contribution in [0, 0.1) is 6.92 Å². The Kier molecular flexibility index (Phi) is 6.49. The average molecular weight is 507 g/mol. The lowest BCUT2D eigenvalue weighted by Crippen LogP contribution is -2.48. The topological polar surface area (TPSA) is 144 Å². The Morgan fingerprint density at radius 3 is 2.84 bits per heavy atom. The number of aryl methyl sites for hydroxylation is 1. The molecular formula is C25H26N6O6. The SMILES string of the molecule is COC(=O)N1CC(c2nc(-c3ccc(C)c(NC(=O)c4cnc5cc(O[C@@H](C)CO)ccn45)c3)no2)C1. The molecule has 0 radical (unpaired) electrons. The predicted molar refractivity (Wildman–Crippen MR) is 132 cm³/mol. The van der Waals surface area contributed by atoms with Crippen molar-refractivity contribution in [3.8, 4) is 17.1 Å². The number of pyridine rings is 1. The lowest BCUT2D eigenvalue weighted by molar-refractivity contribution is 0.0804. The first-order valence-corrected chi connectivity index (χ1v) is 11.7. The Bertz CT molecular complexity index is 1460. The smallest absolute Gasteiger partial charge is 0.409 e. The molecule has 1 aliphatic rings. The number of nitrogens with zero attached hydrogens (tertiary/aromatic N) is 5. The molecule has 0 saturated carbocycles. The number of hydrogen-bond acceptors (Lipinski definition) is 9. The van der Waals surface area contributed by atoms with Gasteiger partial charge >= 0.3 is 6.09 Å². The van der Waals surface area contributed by atoms with Crippen LogP contribution in [0.25, 0.3) is 17.0 Å². The van der Waals surface area contributed by atoms with Gasteiger partial charge in [-0.3, -0.25) is 9.20 Å². The fourth-order valence-corrected chi connectivity index (χ4v) is 3.99. The molecule has 1 saturated heterocycles. The van der Waals surface area contributed by atoms with Gasteiger partial charge in [0.15, 0.2) is 0 Å². The van der Waals surface area contributed by atoms with E-state index in [0.717, 1.165) is 5.56 Å². The Balaban J connectivity index is 1.31. The standard InChI is InChI=1S/C25H26N6O6/c1-14-4-5-16(22-28-24(37-29-22)17-11-30(12-17)25(34)35-3)8-19(14)27-23(33)20-10-26-21-9-18(6-7-31(20)21)36-15(2)13-32/h4-10,15,17,32H,11-13H2,1-3H3,(H,27,33)/t15-/m0/s1. The Labute approximate surface area is 211 Å². The maximum atomic E-state index is 13.1. The quantitative estimate of drug-likeness (QED) is 0.386. The molecule has 3 aromatic heterocycles. The van der Waals surface area contributed by atoms with Crippen molar-refractivity contribution in [2.45, 2.75) is 25.9 Å². The van der Waals surface area contributed by atoms with Gasteiger partial charge in [-0.25, -0.2) is 9.78 Å². The molecular weight excluding hydrogens is 480 g/mol. The average Bonchev–Trinajstić information content (AvgIpc) is 3.51. The zero-order valence-electron chi connectivity index (χ0n) is 20.5. The van der Waals surface area contributed by atoms with Crippen LogP contribution in [0.3, 0.4) is 0 Å². The number of aliphatic hydroxyl groups excluding tert-OH is 1. The van der Waals surface area contributed by atoms with Gasteiger partial charge in [0, 0.05) is 36.6 Å². The second kappa shape index (κ2) is 9.90. The second-order valence-electron chi connectivity index (χ2n) is 8.86. The third kappa shape index (κ3) is 4.83. The van der Waals surface area contributed by atoms with Crippen molar-refractivity contribution in [1.82, 2.24) is 24.4 Å². The van der Waals surface area contributed by atoms with E-state index in [-0.39, 0.29) is 30.6 Å². The maximum absolute atomic E-state index is 13.1. The van der Waals surface area contributed by atoms with Crippen LogP contribution in [0.5, 0.6) is 5.75 Å². The van der Waals surface area contributed by atoms with Gasteiger partial charge in [0.05, 0.1) is 25.8 Å². The number of aliphatic hydroxyl groups is 1. The highest BCUT2D eigenvalue weighted by molar-refractivity contribution is 6.04. The number of imidazole rings is 1. The number of hydrogen-bond donors (Lipinski definition) is 2. The summed E-state index contributed by atoms with van der Waals surface area (Å²) in [5.74, 6) is 1.01. The van der Waals surface area contributed by atoms with E-state index in [1.807, 2.05) is 19.1 Å². The summed E-state index contributed by atoms with van der Waals surface area (Å²) >= 11 is 0. The summed E-state index contributed by atoms with van der Waals surface area (Å²) in [6, 6.07) is 8.92. The van der Waals surface area contributed by atoms with E-state index in [0.29, 0.717) is 53.1 Å². The molecule has 1 aliphatic heterocycles. The highest BCUT2D eigenvalue weighted by atomic mass is 16.5. The lowest BCUT2D eigenvalue weighted by atomic mass is 10.0. The van der Waals surface area contributed by atoms with Crippen molar-refractivity contribution >= 4 is 23.3 Å². The van der Waals surface area contributed by atoms with Crippen LogP contribution < -0.4 is 10.1 Å². The fraction of sp³-hybridized carbons (Fsp3) is 0.320. The van der Waals surface area contributed by atoms with Crippen LogP contribution >= 0.6 is 0 Å². The summed E-state index contributed by atoms with van der Waals surface area (Å²) in [5, 5.41) is 16.2. The van der Waals surface area contributed by atoms with Crippen molar-refractivity contribution in [2.24, 2.45) is 0 Å². The number of anilines is 1. The van der Waals surface area contributed by atoms with Crippen LogP contribution in [0.15, 0.2) is 47.2 Å². The maximum Gasteiger partial charge on any atom is 0.409 e.